The van der Waals surface area contributed by atoms with Crippen molar-refractivity contribution in [2.75, 3.05) is 12.3 Å². The lowest BCUT2D eigenvalue weighted by atomic mass is 9.49. The van der Waals surface area contributed by atoms with Crippen molar-refractivity contribution in [3.05, 3.63) is 10.6 Å². The third kappa shape index (κ3) is 2.35. The second-order valence-electron chi connectivity index (χ2n) is 7.57. The van der Waals surface area contributed by atoms with Crippen molar-refractivity contribution in [1.29, 1.82) is 0 Å². The molecule has 0 aliphatic heterocycles. The largest absolute Gasteiger partial charge is 0.375 e. The number of nitrogens with two attached hydrogens (primary N) is 1. The summed E-state index contributed by atoms with van der Waals surface area (Å²) in [7, 11) is 0. The number of nitrogens with one attached hydrogen (secondary N) is 1. The summed E-state index contributed by atoms with van der Waals surface area (Å²) in [5.41, 5.74) is 6.82. The Balaban J connectivity index is 1.45. The zero-order valence-electron chi connectivity index (χ0n) is 12.5. The van der Waals surface area contributed by atoms with Crippen LogP contribution < -0.4 is 11.1 Å². The normalized spacial score (nSPS) is 36.9. The number of amides is 1. The summed E-state index contributed by atoms with van der Waals surface area (Å²) in [5, 5.41) is 3.67. The van der Waals surface area contributed by atoms with Gasteiger partial charge < -0.3 is 11.1 Å². The number of rotatable bonds is 3. The van der Waals surface area contributed by atoms with Crippen molar-refractivity contribution >= 4 is 22.4 Å². The van der Waals surface area contributed by atoms with Crippen molar-refractivity contribution in [2.24, 2.45) is 23.2 Å². The van der Waals surface area contributed by atoms with E-state index in [4.69, 9.17) is 5.73 Å². The summed E-state index contributed by atoms with van der Waals surface area (Å²) in [6.07, 6.45) is 8.29. The zero-order valence-corrected chi connectivity index (χ0v) is 13.3. The van der Waals surface area contributed by atoms with Gasteiger partial charge in [-0.3, -0.25) is 4.79 Å². The molecule has 0 atom stereocenters. The maximum atomic E-state index is 12.4. The van der Waals surface area contributed by atoms with Crippen molar-refractivity contribution in [1.82, 2.24) is 10.3 Å². The minimum Gasteiger partial charge on any atom is -0.375 e. The molecule has 5 heteroatoms. The number of nitrogens with zero attached hydrogens (tertiary/aromatic N) is 1. The summed E-state index contributed by atoms with van der Waals surface area (Å²) in [6.45, 7) is 2.69. The monoisotopic (exact) mass is 305 g/mol. The van der Waals surface area contributed by atoms with E-state index < -0.39 is 0 Å². The lowest BCUT2D eigenvalue weighted by Gasteiger charge is -2.56. The molecule has 1 heterocycles. The number of hydrogen-bond acceptors (Lipinski definition) is 4. The van der Waals surface area contributed by atoms with Crippen molar-refractivity contribution < 1.29 is 4.79 Å². The molecular weight excluding hydrogens is 282 g/mol. The predicted molar refractivity (Wildman–Crippen MR) is 84.2 cm³/mol. The fourth-order valence-electron chi connectivity index (χ4n) is 5.48. The van der Waals surface area contributed by atoms with E-state index in [0.29, 0.717) is 15.4 Å². The molecule has 0 saturated heterocycles. The molecule has 21 heavy (non-hydrogen) atoms. The van der Waals surface area contributed by atoms with Gasteiger partial charge in [-0.1, -0.05) is 11.3 Å². The van der Waals surface area contributed by atoms with Gasteiger partial charge in [0.25, 0.3) is 5.91 Å². The van der Waals surface area contributed by atoms with Crippen LogP contribution >= 0.6 is 11.3 Å². The molecule has 4 fully saturated rings. The van der Waals surface area contributed by atoms with E-state index in [9.17, 15) is 4.79 Å². The van der Waals surface area contributed by atoms with Crippen LogP contribution in [0.4, 0.5) is 5.13 Å². The molecule has 0 unspecified atom stereocenters. The highest BCUT2D eigenvalue weighted by Gasteiger charge is 2.50. The minimum atomic E-state index is 0.0115. The van der Waals surface area contributed by atoms with Gasteiger partial charge in [-0.2, -0.15) is 0 Å². The van der Waals surface area contributed by atoms with Crippen molar-refractivity contribution in [3.8, 4) is 0 Å². The molecular formula is C16H23N3OS. The molecule has 3 N–H and O–H groups in total. The van der Waals surface area contributed by atoms with Gasteiger partial charge in [-0.15, -0.1) is 0 Å². The van der Waals surface area contributed by atoms with Gasteiger partial charge in [0.1, 0.15) is 4.88 Å². The second-order valence-corrected chi connectivity index (χ2v) is 8.60. The Labute approximate surface area is 129 Å². The van der Waals surface area contributed by atoms with E-state index in [0.717, 1.165) is 30.0 Å². The molecule has 1 aromatic rings. The van der Waals surface area contributed by atoms with Crippen LogP contribution in [-0.4, -0.2) is 17.4 Å². The number of aromatic nitrogens is 1. The average molecular weight is 305 g/mol. The highest BCUT2D eigenvalue weighted by molar-refractivity contribution is 7.17. The topological polar surface area (TPSA) is 68.0 Å². The van der Waals surface area contributed by atoms with E-state index in [-0.39, 0.29) is 5.91 Å². The van der Waals surface area contributed by atoms with Gasteiger partial charge in [0, 0.05) is 6.54 Å². The zero-order chi connectivity index (χ0) is 14.6. The summed E-state index contributed by atoms with van der Waals surface area (Å²) < 4.78 is 0. The highest BCUT2D eigenvalue weighted by atomic mass is 32.1. The number of nitrogen functional groups attached to an aromatic ring is 1. The first-order valence-corrected chi connectivity index (χ1v) is 8.86. The fourth-order valence-corrected chi connectivity index (χ4v) is 6.23. The van der Waals surface area contributed by atoms with Crippen LogP contribution in [0.5, 0.6) is 0 Å². The molecule has 4 saturated carbocycles. The van der Waals surface area contributed by atoms with E-state index in [1.807, 2.05) is 6.92 Å². The fraction of sp³-hybridized carbons (Fsp3) is 0.750. The van der Waals surface area contributed by atoms with Crippen LogP contribution in [0.1, 0.15) is 53.9 Å². The lowest BCUT2D eigenvalue weighted by molar-refractivity contribution is -0.0503. The molecule has 4 aliphatic rings. The molecule has 0 aromatic carbocycles. The second kappa shape index (κ2) is 4.70. The highest BCUT2D eigenvalue weighted by Crippen LogP contribution is 2.59. The Morgan fingerprint density at radius 3 is 2.33 bits per heavy atom. The Bertz CT molecular complexity index is 545. The molecule has 5 rings (SSSR count). The predicted octanol–water partition coefficient (Wildman–Crippen LogP) is 2.98. The van der Waals surface area contributed by atoms with Crippen molar-refractivity contribution in [3.63, 3.8) is 0 Å². The third-order valence-electron chi connectivity index (χ3n) is 5.81. The first kappa shape index (κ1) is 13.6. The SMILES string of the molecule is Cc1nc(N)sc1C(=O)NCC12CC3CC(CC(C3)C1)C2. The maximum absolute atomic E-state index is 12.4. The van der Waals surface area contributed by atoms with Gasteiger partial charge in [-0.05, 0) is 68.6 Å². The molecule has 0 radical (unpaired) electrons. The summed E-state index contributed by atoms with van der Waals surface area (Å²) in [4.78, 5) is 17.2. The number of carbonyl (C=O) groups is 1. The molecule has 114 valence electrons. The van der Waals surface area contributed by atoms with Crippen molar-refractivity contribution in [2.45, 2.75) is 45.4 Å². The van der Waals surface area contributed by atoms with E-state index in [1.165, 1.54) is 49.9 Å². The molecule has 1 amide bonds. The minimum absolute atomic E-state index is 0.0115. The Kier molecular flexibility index (Phi) is 3.03. The van der Waals surface area contributed by atoms with Crippen LogP contribution in [0.3, 0.4) is 0 Å². The average Bonchev–Trinajstić information content (AvgIpc) is 2.74. The standard InChI is InChI=1S/C16H23N3OS/c1-9-13(21-15(17)19-9)14(20)18-8-16-5-10-2-11(6-16)4-12(3-10)7-16/h10-12H,2-8H2,1H3,(H2,17,19)(H,18,20). The first-order chi connectivity index (χ1) is 10.0. The summed E-state index contributed by atoms with van der Waals surface area (Å²) in [6, 6.07) is 0. The van der Waals surface area contributed by atoms with Crippen LogP contribution in [0.25, 0.3) is 0 Å². The smallest absolute Gasteiger partial charge is 0.263 e. The van der Waals surface area contributed by atoms with E-state index >= 15 is 0 Å². The van der Waals surface area contributed by atoms with Gasteiger partial charge in [0.05, 0.1) is 5.69 Å². The van der Waals surface area contributed by atoms with Crippen LogP contribution in [-0.2, 0) is 0 Å². The van der Waals surface area contributed by atoms with Gasteiger partial charge in [0.2, 0.25) is 0 Å². The molecule has 1 aromatic heterocycles. The van der Waals surface area contributed by atoms with Gasteiger partial charge in [-0.25, -0.2) is 4.98 Å². The Hall–Kier alpha value is -1.10. The summed E-state index contributed by atoms with van der Waals surface area (Å²) in [5.74, 6) is 2.79. The molecule has 0 spiro atoms. The van der Waals surface area contributed by atoms with Crippen LogP contribution in [0.2, 0.25) is 0 Å². The van der Waals surface area contributed by atoms with Gasteiger partial charge in [0.15, 0.2) is 5.13 Å². The lowest BCUT2D eigenvalue weighted by Crippen LogP contribution is -2.51. The number of hydrogen-bond donors (Lipinski definition) is 2. The number of carbonyl (C=O) groups excluding carboxylic acids is 1. The van der Waals surface area contributed by atoms with Crippen LogP contribution in [0, 0.1) is 30.1 Å². The Morgan fingerprint density at radius 2 is 1.86 bits per heavy atom. The van der Waals surface area contributed by atoms with E-state index in [1.54, 1.807) is 0 Å². The molecule has 4 aliphatic carbocycles. The van der Waals surface area contributed by atoms with Crippen LogP contribution in [0.15, 0.2) is 0 Å². The van der Waals surface area contributed by atoms with E-state index in [2.05, 4.69) is 10.3 Å². The molecule has 4 bridgehead atoms. The number of thiazole rings is 1. The maximum Gasteiger partial charge on any atom is 0.263 e. The van der Waals surface area contributed by atoms with Gasteiger partial charge >= 0.3 is 0 Å². The first-order valence-electron chi connectivity index (χ1n) is 8.04. The number of anilines is 1. The third-order valence-corrected chi connectivity index (χ3v) is 6.79. The molecule has 4 nitrogen and oxygen atoms in total. The quantitative estimate of drug-likeness (QED) is 0.902. The summed E-state index contributed by atoms with van der Waals surface area (Å²) >= 11 is 1.29. The number of aryl methyl sites for hydroxylation is 1. The Morgan fingerprint density at radius 1 is 1.29 bits per heavy atom.